The number of hydrogen-bond donors (Lipinski definition) is 1. The van der Waals surface area contributed by atoms with Crippen molar-refractivity contribution in [1.29, 1.82) is 0 Å². The summed E-state index contributed by atoms with van der Waals surface area (Å²) in [6.07, 6.45) is -0.727. The van der Waals surface area contributed by atoms with Gasteiger partial charge in [0.2, 0.25) is 5.89 Å². The summed E-state index contributed by atoms with van der Waals surface area (Å²) < 4.78 is 22.5. The van der Waals surface area contributed by atoms with Gasteiger partial charge in [0.1, 0.15) is 29.6 Å². The molecular weight excluding hydrogens is 422 g/mol. The van der Waals surface area contributed by atoms with Gasteiger partial charge in [0.25, 0.3) is 0 Å². The molecule has 0 spiro atoms. The summed E-state index contributed by atoms with van der Waals surface area (Å²) in [6, 6.07) is 13.5. The minimum atomic E-state index is -1.00. The Morgan fingerprint density at radius 2 is 1.88 bits per heavy atom. The zero-order valence-electron chi connectivity index (χ0n) is 19.8. The molecule has 0 unspecified atom stereocenters. The number of carboxylic acid groups (broad SMARTS) is 1. The van der Waals surface area contributed by atoms with Crippen molar-refractivity contribution in [3.63, 3.8) is 0 Å². The maximum Gasteiger partial charge on any atom is 0.333 e. The molecule has 176 valence electrons. The Labute approximate surface area is 194 Å². The maximum atomic E-state index is 11.4. The largest absolute Gasteiger partial charge is 0.496 e. The van der Waals surface area contributed by atoms with Crippen molar-refractivity contribution in [2.75, 3.05) is 13.7 Å². The molecule has 0 saturated carbocycles. The van der Waals surface area contributed by atoms with Crippen LogP contribution in [0.1, 0.15) is 49.3 Å². The van der Waals surface area contributed by atoms with Gasteiger partial charge in [0, 0.05) is 24.7 Å². The van der Waals surface area contributed by atoms with E-state index in [-0.39, 0.29) is 13.0 Å². The molecule has 1 N–H and O–H groups in total. The highest BCUT2D eigenvalue weighted by molar-refractivity contribution is 5.73. The Hall–Kier alpha value is -3.32. The average molecular weight is 454 g/mol. The molecule has 7 nitrogen and oxygen atoms in total. The zero-order chi connectivity index (χ0) is 24.0. The first-order valence-electron chi connectivity index (χ1n) is 11.0. The Bertz CT molecular complexity index is 1070. The van der Waals surface area contributed by atoms with E-state index in [1.165, 1.54) is 12.7 Å². The molecule has 1 heterocycles. The molecule has 0 saturated heterocycles. The van der Waals surface area contributed by atoms with Gasteiger partial charge in [0.15, 0.2) is 6.10 Å². The fraction of sp³-hybridized carbons (Fsp3) is 0.385. The standard InChI is InChI=1S/C26H31NO6/c1-6-31-24(26(28)29)13-20-11-12-21(14-23(20)30-5)32-15-22-17(4)33-25(27-22)19-9-7-18(8-10-19)16(2)3/h7-12,14,16,24H,6,13,15H2,1-5H3,(H,28,29)/t24-/m0/s1. The molecule has 3 rings (SSSR count). The van der Waals surface area contributed by atoms with Gasteiger partial charge in [-0.05, 0) is 49.1 Å². The van der Waals surface area contributed by atoms with Crippen LogP contribution in [0.3, 0.4) is 0 Å². The van der Waals surface area contributed by atoms with E-state index in [2.05, 4.69) is 31.0 Å². The highest BCUT2D eigenvalue weighted by atomic mass is 16.5. The highest BCUT2D eigenvalue weighted by Gasteiger charge is 2.20. The van der Waals surface area contributed by atoms with Crippen molar-refractivity contribution in [1.82, 2.24) is 4.98 Å². The summed E-state index contributed by atoms with van der Waals surface area (Å²) in [7, 11) is 1.54. The molecule has 0 radical (unpaired) electrons. The van der Waals surface area contributed by atoms with Crippen molar-refractivity contribution in [3.05, 3.63) is 65.0 Å². The summed E-state index contributed by atoms with van der Waals surface area (Å²) in [6.45, 7) is 8.50. The monoisotopic (exact) mass is 453 g/mol. The summed E-state index contributed by atoms with van der Waals surface area (Å²) >= 11 is 0. The van der Waals surface area contributed by atoms with E-state index in [4.69, 9.17) is 18.6 Å². The van der Waals surface area contributed by atoms with E-state index in [1.807, 2.05) is 19.1 Å². The Kier molecular flexibility index (Phi) is 8.11. The molecule has 1 atom stereocenters. The van der Waals surface area contributed by atoms with Crippen LogP contribution < -0.4 is 9.47 Å². The predicted molar refractivity (Wildman–Crippen MR) is 125 cm³/mol. The Balaban J connectivity index is 1.70. The quantitative estimate of drug-likeness (QED) is 0.416. The highest BCUT2D eigenvalue weighted by Crippen LogP contribution is 2.28. The number of carbonyl (C=O) groups is 1. The van der Waals surface area contributed by atoms with E-state index < -0.39 is 12.1 Å². The lowest BCUT2D eigenvalue weighted by atomic mass is 10.0. The molecule has 0 aliphatic heterocycles. The number of benzene rings is 2. The topological polar surface area (TPSA) is 91.0 Å². The molecule has 0 fully saturated rings. The van der Waals surface area contributed by atoms with Crippen molar-refractivity contribution >= 4 is 5.97 Å². The third-order valence-electron chi connectivity index (χ3n) is 5.40. The van der Waals surface area contributed by atoms with Gasteiger partial charge < -0.3 is 23.7 Å². The molecule has 0 bridgehead atoms. The number of nitrogens with zero attached hydrogens (tertiary/aromatic N) is 1. The van der Waals surface area contributed by atoms with Gasteiger partial charge in [0.05, 0.1) is 7.11 Å². The number of oxazole rings is 1. The number of aromatic nitrogens is 1. The molecule has 0 aliphatic carbocycles. The molecular formula is C26H31NO6. The Morgan fingerprint density at radius 3 is 2.48 bits per heavy atom. The van der Waals surface area contributed by atoms with Crippen LogP contribution in [0.4, 0.5) is 0 Å². The zero-order valence-corrected chi connectivity index (χ0v) is 19.8. The third kappa shape index (κ3) is 6.14. The van der Waals surface area contributed by atoms with Gasteiger partial charge in [-0.15, -0.1) is 0 Å². The molecule has 0 aliphatic rings. The van der Waals surface area contributed by atoms with Gasteiger partial charge in [-0.1, -0.05) is 32.0 Å². The lowest BCUT2D eigenvalue weighted by Crippen LogP contribution is -2.26. The summed E-state index contributed by atoms with van der Waals surface area (Å²) in [4.78, 5) is 16.0. The number of aliphatic carboxylic acids is 1. The first-order chi connectivity index (χ1) is 15.8. The number of methoxy groups -OCH3 is 1. The van der Waals surface area contributed by atoms with Crippen LogP contribution >= 0.6 is 0 Å². The first kappa shape index (κ1) is 24.3. The van der Waals surface area contributed by atoms with Crippen molar-refractivity contribution in [3.8, 4) is 23.0 Å². The van der Waals surface area contributed by atoms with Gasteiger partial charge in [-0.3, -0.25) is 0 Å². The molecule has 2 aromatic carbocycles. The summed E-state index contributed by atoms with van der Waals surface area (Å²) in [5, 5.41) is 9.34. The molecule has 3 aromatic rings. The minimum Gasteiger partial charge on any atom is -0.496 e. The smallest absolute Gasteiger partial charge is 0.333 e. The number of hydrogen-bond acceptors (Lipinski definition) is 6. The van der Waals surface area contributed by atoms with E-state index in [1.54, 1.807) is 25.1 Å². The van der Waals surface area contributed by atoms with Crippen LogP contribution in [-0.4, -0.2) is 35.9 Å². The van der Waals surface area contributed by atoms with Crippen LogP contribution in [-0.2, 0) is 22.6 Å². The van der Waals surface area contributed by atoms with E-state index in [0.29, 0.717) is 41.4 Å². The molecule has 1 aromatic heterocycles. The van der Waals surface area contributed by atoms with Gasteiger partial charge >= 0.3 is 5.97 Å². The number of ether oxygens (including phenoxy) is 3. The van der Waals surface area contributed by atoms with Crippen LogP contribution in [0.15, 0.2) is 46.9 Å². The molecule has 7 heteroatoms. The minimum absolute atomic E-state index is 0.202. The SMILES string of the molecule is CCO[C@@H](Cc1ccc(OCc2nc(-c3ccc(C(C)C)cc3)oc2C)cc1OC)C(=O)O. The normalized spacial score (nSPS) is 12.1. The van der Waals surface area contributed by atoms with Gasteiger partial charge in [-0.25, -0.2) is 9.78 Å². The van der Waals surface area contributed by atoms with Gasteiger partial charge in [-0.2, -0.15) is 0 Å². The number of rotatable bonds is 11. The molecule has 0 amide bonds. The number of carboxylic acids is 1. The summed E-state index contributed by atoms with van der Waals surface area (Å²) in [5.74, 6) is 1.85. The summed E-state index contributed by atoms with van der Waals surface area (Å²) in [5.41, 5.74) is 3.62. The third-order valence-corrected chi connectivity index (χ3v) is 5.40. The predicted octanol–water partition coefficient (Wildman–Crippen LogP) is 5.39. The second-order valence-corrected chi connectivity index (χ2v) is 8.05. The number of aryl methyl sites for hydroxylation is 1. The second-order valence-electron chi connectivity index (χ2n) is 8.05. The second kappa shape index (κ2) is 11.0. The maximum absolute atomic E-state index is 11.4. The van der Waals surface area contributed by atoms with Crippen molar-refractivity contribution in [2.24, 2.45) is 0 Å². The van der Waals surface area contributed by atoms with E-state index >= 15 is 0 Å². The van der Waals surface area contributed by atoms with E-state index in [9.17, 15) is 9.90 Å². The van der Waals surface area contributed by atoms with Crippen LogP contribution in [0.2, 0.25) is 0 Å². The lowest BCUT2D eigenvalue weighted by Gasteiger charge is -2.15. The van der Waals surface area contributed by atoms with Crippen LogP contribution in [0.5, 0.6) is 11.5 Å². The lowest BCUT2D eigenvalue weighted by molar-refractivity contribution is -0.149. The van der Waals surface area contributed by atoms with Crippen LogP contribution in [0, 0.1) is 6.92 Å². The van der Waals surface area contributed by atoms with E-state index in [0.717, 1.165) is 11.1 Å². The molecule has 33 heavy (non-hydrogen) atoms. The Morgan fingerprint density at radius 1 is 1.15 bits per heavy atom. The van der Waals surface area contributed by atoms with Crippen molar-refractivity contribution in [2.45, 2.75) is 52.7 Å². The van der Waals surface area contributed by atoms with Crippen LogP contribution in [0.25, 0.3) is 11.5 Å². The fourth-order valence-corrected chi connectivity index (χ4v) is 3.45. The first-order valence-corrected chi connectivity index (χ1v) is 11.0. The fourth-order valence-electron chi connectivity index (χ4n) is 3.45. The van der Waals surface area contributed by atoms with Crippen molar-refractivity contribution < 1.29 is 28.5 Å². The average Bonchev–Trinajstić information content (AvgIpc) is 3.18.